The zero-order valence-corrected chi connectivity index (χ0v) is 11.5. The van der Waals surface area contributed by atoms with Gasteiger partial charge in [0, 0.05) is 12.6 Å². The first-order valence-electron chi connectivity index (χ1n) is 6.97. The van der Waals surface area contributed by atoms with Crippen molar-refractivity contribution in [2.45, 2.75) is 38.4 Å². The Labute approximate surface area is 115 Å². The highest BCUT2D eigenvalue weighted by Crippen LogP contribution is 2.14. The smallest absolute Gasteiger partial charge is 0.234 e. The van der Waals surface area contributed by atoms with E-state index in [2.05, 4.69) is 34.5 Å². The van der Waals surface area contributed by atoms with E-state index in [0.717, 1.165) is 32.5 Å². The van der Waals surface area contributed by atoms with Gasteiger partial charge in [0.15, 0.2) is 0 Å². The lowest BCUT2D eigenvalue weighted by molar-refractivity contribution is -0.119. The van der Waals surface area contributed by atoms with E-state index in [-0.39, 0.29) is 11.9 Å². The van der Waals surface area contributed by atoms with Crippen molar-refractivity contribution in [1.82, 2.24) is 10.2 Å². The number of nitrogens with two attached hydrogens (primary N) is 1. The lowest BCUT2D eigenvalue weighted by atomic mass is 10.0. The van der Waals surface area contributed by atoms with Crippen LogP contribution in [-0.2, 0) is 11.3 Å². The van der Waals surface area contributed by atoms with Crippen molar-refractivity contribution >= 4 is 5.91 Å². The normalized spacial score (nSPS) is 19.2. The monoisotopic (exact) mass is 261 g/mol. The summed E-state index contributed by atoms with van der Waals surface area (Å²) in [7, 11) is 0. The Kier molecular flexibility index (Phi) is 4.93. The predicted octanol–water partition coefficient (Wildman–Crippen LogP) is 1.11. The maximum Gasteiger partial charge on any atom is 0.234 e. The maximum absolute atomic E-state index is 11.0. The topological polar surface area (TPSA) is 58.4 Å². The van der Waals surface area contributed by atoms with Crippen molar-refractivity contribution in [3.8, 4) is 0 Å². The summed E-state index contributed by atoms with van der Waals surface area (Å²) in [6.07, 6.45) is 2.15. The number of benzene rings is 1. The van der Waals surface area contributed by atoms with Gasteiger partial charge in [0.25, 0.3) is 0 Å². The molecule has 4 heteroatoms. The van der Waals surface area contributed by atoms with Gasteiger partial charge in [-0.2, -0.15) is 0 Å². The summed E-state index contributed by atoms with van der Waals surface area (Å²) in [6.45, 7) is 4.98. The van der Waals surface area contributed by atoms with Crippen LogP contribution >= 0.6 is 0 Å². The molecule has 1 unspecified atom stereocenters. The Morgan fingerprint density at radius 1 is 1.37 bits per heavy atom. The molecule has 3 N–H and O–H groups in total. The van der Waals surface area contributed by atoms with Crippen LogP contribution in [-0.4, -0.2) is 36.0 Å². The van der Waals surface area contributed by atoms with Crippen LogP contribution in [0.5, 0.6) is 0 Å². The number of hydrogen-bond donors (Lipinski definition) is 2. The summed E-state index contributed by atoms with van der Waals surface area (Å²) in [5.74, 6) is -0.272. The third-order valence-corrected chi connectivity index (χ3v) is 3.75. The van der Waals surface area contributed by atoms with E-state index in [1.807, 2.05) is 13.0 Å². The van der Waals surface area contributed by atoms with Crippen molar-refractivity contribution in [2.24, 2.45) is 5.73 Å². The van der Waals surface area contributed by atoms with Crippen LogP contribution in [0, 0.1) is 0 Å². The molecule has 4 nitrogen and oxygen atoms in total. The van der Waals surface area contributed by atoms with Crippen molar-refractivity contribution in [3.05, 3.63) is 35.9 Å². The third kappa shape index (κ3) is 4.33. The van der Waals surface area contributed by atoms with Crippen LogP contribution in [0.3, 0.4) is 0 Å². The number of amides is 1. The Hall–Kier alpha value is -1.39. The van der Waals surface area contributed by atoms with Gasteiger partial charge in [-0.15, -0.1) is 0 Å². The van der Waals surface area contributed by atoms with Crippen LogP contribution in [0.1, 0.15) is 25.3 Å². The largest absolute Gasteiger partial charge is 0.368 e. The number of hydrogen-bond acceptors (Lipinski definition) is 3. The molecule has 0 aromatic heterocycles. The average Bonchev–Trinajstić information content (AvgIpc) is 2.42. The highest BCUT2D eigenvalue weighted by Gasteiger charge is 2.21. The number of rotatable bonds is 5. The molecule has 1 aromatic rings. The van der Waals surface area contributed by atoms with Gasteiger partial charge < -0.3 is 11.1 Å². The summed E-state index contributed by atoms with van der Waals surface area (Å²) < 4.78 is 0. The molecule has 0 spiro atoms. The van der Waals surface area contributed by atoms with E-state index >= 15 is 0 Å². The maximum atomic E-state index is 11.0. The molecule has 1 atom stereocenters. The van der Waals surface area contributed by atoms with Crippen molar-refractivity contribution in [3.63, 3.8) is 0 Å². The number of nitrogens with one attached hydrogen (secondary N) is 1. The molecule has 0 bridgehead atoms. The van der Waals surface area contributed by atoms with E-state index in [1.54, 1.807) is 0 Å². The molecule has 1 aromatic carbocycles. The number of carbonyl (C=O) groups is 1. The molecule has 19 heavy (non-hydrogen) atoms. The minimum Gasteiger partial charge on any atom is -0.368 e. The lowest BCUT2D eigenvalue weighted by Crippen LogP contribution is -2.49. The Morgan fingerprint density at radius 2 is 2.00 bits per heavy atom. The molecule has 1 heterocycles. The molecule has 2 rings (SSSR count). The first kappa shape index (κ1) is 14.0. The summed E-state index contributed by atoms with van der Waals surface area (Å²) in [5.41, 5.74) is 6.63. The van der Waals surface area contributed by atoms with E-state index in [9.17, 15) is 4.79 Å². The van der Waals surface area contributed by atoms with Gasteiger partial charge in [-0.25, -0.2) is 0 Å². The number of piperidine rings is 1. The second-order valence-corrected chi connectivity index (χ2v) is 5.33. The Balaban J connectivity index is 1.75. The zero-order valence-electron chi connectivity index (χ0n) is 11.5. The number of nitrogens with zero attached hydrogens (tertiary/aromatic N) is 1. The summed E-state index contributed by atoms with van der Waals surface area (Å²) >= 11 is 0. The summed E-state index contributed by atoms with van der Waals surface area (Å²) in [5, 5.41) is 3.30. The summed E-state index contributed by atoms with van der Waals surface area (Å²) in [6, 6.07) is 10.7. The molecule has 1 aliphatic heterocycles. The standard InChI is InChI=1S/C15H23N3O/c1-12(15(16)19)17-14-7-9-18(10-8-14)11-13-5-3-2-4-6-13/h2-6,12,14,17H,7-11H2,1H3,(H2,16,19). The summed E-state index contributed by atoms with van der Waals surface area (Å²) in [4.78, 5) is 13.5. The van der Waals surface area contributed by atoms with Crippen molar-refractivity contribution in [2.75, 3.05) is 13.1 Å². The van der Waals surface area contributed by atoms with Gasteiger partial charge in [0.2, 0.25) is 5.91 Å². The first-order chi connectivity index (χ1) is 9.15. The number of primary amides is 1. The van der Waals surface area contributed by atoms with Gasteiger partial charge in [0.05, 0.1) is 6.04 Å². The quantitative estimate of drug-likeness (QED) is 0.835. The van der Waals surface area contributed by atoms with E-state index in [1.165, 1.54) is 5.56 Å². The van der Waals surface area contributed by atoms with Crippen LogP contribution in [0.15, 0.2) is 30.3 Å². The van der Waals surface area contributed by atoms with Crippen LogP contribution in [0.25, 0.3) is 0 Å². The molecule has 1 saturated heterocycles. The van der Waals surface area contributed by atoms with E-state index in [4.69, 9.17) is 5.73 Å². The van der Waals surface area contributed by atoms with Crippen LogP contribution < -0.4 is 11.1 Å². The van der Waals surface area contributed by atoms with E-state index in [0.29, 0.717) is 6.04 Å². The molecule has 0 aliphatic carbocycles. The molecular formula is C15H23N3O. The molecule has 1 fully saturated rings. The lowest BCUT2D eigenvalue weighted by Gasteiger charge is -2.33. The first-order valence-corrected chi connectivity index (χ1v) is 6.97. The van der Waals surface area contributed by atoms with Gasteiger partial charge in [-0.3, -0.25) is 9.69 Å². The fourth-order valence-electron chi connectivity index (χ4n) is 2.54. The highest BCUT2D eigenvalue weighted by atomic mass is 16.1. The fourth-order valence-corrected chi connectivity index (χ4v) is 2.54. The minimum absolute atomic E-state index is 0.231. The molecular weight excluding hydrogens is 238 g/mol. The Bertz CT molecular complexity index is 399. The van der Waals surface area contributed by atoms with Crippen molar-refractivity contribution in [1.29, 1.82) is 0 Å². The molecule has 0 radical (unpaired) electrons. The van der Waals surface area contributed by atoms with E-state index < -0.39 is 0 Å². The van der Waals surface area contributed by atoms with Gasteiger partial charge in [-0.1, -0.05) is 30.3 Å². The third-order valence-electron chi connectivity index (χ3n) is 3.75. The van der Waals surface area contributed by atoms with Gasteiger partial charge in [-0.05, 0) is 38.4 Å². The average molecular weight is 261 g/mol. The van der Waals surface area contributed by atoms with Gasteiger partial charge in [0.1, 0.15) is 0 Å². The minimum atomic E-state index is -0.272. The molecule has 0 saturated carbocycles. The predicted molar refractivity (Wildman–Crippen MR) is 76.5 cm³/mol. The van der Waals surface area contributed by atoms with Crippen LogP contribution in [0.4, 0.5) is 0 Å². The molecule has 104 valence electrons. The number of likely N-dealkylation sites (tertiary alicyclic amines) is 1. The fraction of sp³-hybridized carbons (Fsp3) is 0.533. The Morgan fingerprint density at radius 3 is 2.58 bits per heavy atom. The zero-order chi connectivity index (χ0) is 13.7. The highest BCUT2D eigenvalue weighted by molar-refractivity contribution is 5.79. The molecule has 1 amide bonds. The molecule has 1 aliphatic rings. The SMILES string of the molecule is CC(NC1CCN(Cc2ccccc2)CC1)C(N)=O. The second-order valence-electron chi connectivity index (χ2n) is 5.33. The second kappa shape index (κ2) is 6.68. The van der Waals surface area contributed by atoms with Crippen molar-refractivity contribution < 1.29 is 4.79 Å². The van der Waals surface area contributed by atoms with Crippen LogP contribution in [0.2, 0.25) is 0 Å². The number of carbonyl (C=O) groups excluding carboxylic acids is 1. The van der Waals surface area contributed by atoms with Gasteiger partial charge >= 0.3 is 0 Å².